The summed E-state index contributed by atoms with van der Waals surface area (Å²) in [6.45, 7) is 3.78. The van der Waals surface area contributed by atoms with Crippen LogP contribution in [0.25, 0.3) is 0 Å². The molecule has 1 aliphatic heterocycles. The number of hydrogen-bond acceptors (Lipinski definition) is 3. The van der Waals surface area contributed by atoms with E-state index >= 15 is 0 Å². The van der Waals surface area contributed by atoms with Crippen molar-refractivity contribution < 1.29 is 9.53 Å². The van der Waals surface area contributed by atoms with E-state index in [0.29, 0.717) is 13.2 Å². The van der Waals surface area contributed by atoms with Crippen molar-refractivity contribution in [3.05, 3.63) is 28.2 Å². The van der Waals surface area contributed by atoms with Gasteiger partial charge < -0.3 is 15.4 Å². The third-order valence-corrected chi connectivity index (χ3v) is 3.18. The Morgan fingerprint density at radius 3 is 2.94 bits per heavy atom. The Morgan fingerprint density at radius 2 is 2.33 bits per heavy atom. The third-order valence-electron chi connectivity index (χ3n) is 2.68. The van der Waals surface area contributed by atoms with Crippen LogP contribution in [-0.4, -0.2) is 31.7 Å². The number of amides is 1. The minimum atomic E-state index is -0.258. The van der Waals surface area contributed by atoms with Gasteiger partial charge in [0.2, 0.25) is 5.91 Å². The van der Waals surface area contributed by atoms with Crippen LogP contribution in [0.1, 0.15) is 5.56 Å². The number of anilines is 1. The van der Waals surface area contributed by atoms with Crippen LogP contribution in [0.2, 0.25) is 0 Å². The molecule has 1 amide bonds. The lowest BCUT2D eigenvalue weighted by molar-refractivity contribution is -0.120. The summed E-state index contributed by atoms with van der Waals surface area (Å²) in [5, 5.41) is 6.03. The molecule has 1 aliphatic rings. The summed E-state index contributed by atoms with van der Waals surface area (Å²) in [5.74, 6) is -0.0462. The minimum absolute atomic E-state index is 0. The SMILES string of the molecule is Cc1cc(Br)ccc1NC(=O)C1COCCN1.Cl. The first-order valence-corrected chi connectivity index (χ1v) is 6.34. The molecule has 0 saturated carbocycles. The van der Waals surface area contributed by atoms with E-state index in [0.717, 1.165) is 22.3 Å². The number of rotatable bonds is 2. The van der Waals surface area contributed by atoms with Crippen molar-refractivity contribution >= 4 is 39.9 Å². The molecule has 0 aromatic heterocycles. The zero-order valence-corrected chi connectivity index (χ0v) is 12.4. The second-order valence-electron chi connectivity index (χ2n) is 4.03. The van der Waals surface area contributed by atoms with Crippen LogP contribution in [0, 0.1) is 6.92 Å². The van der Waals surface area contributed by atoms with E-state index in [-0.39, 0.29) is 24.4 Å². The zero-order chi connectivity index (χ0) is 12.3. The van der Waals surface area contributed by atoms with Gasteiger partial charge >= 0.3 is 0 Å². The molecule has 1 aromatic rings. The fourth-order valence-corrected chi connectivity index (χ4v) is 2.20. The summed E-state index contributed by atoms with van der Waals surface area (Å²) >= 11 is 3.39. The number of ether oxygens (including phenoxy) is 1. The van der Waals surface area contributed by atoms with Gasteiger partial charge in [0.1, 0.15) is 6.04 Å². The van der Waals surface area contributed by atoms with Gasteiger partial charge in [-0.05, 0) is 30.7 Å². The summed E-state index contributed by atoms with van der Waals surface area (Å²) in [4.78, 5) is 11.9. The van der Waals surface area contributed by atoms with Gasteiger partial charge in [-0.25, -0.2) is 0 Å². The highest BCUT2D eigenvalue weighted by atomic mass is 79.9. The Labute approximate surface area is 121 Å². The first kappa shape index (κ1) is 15.4. The lowest BCUT2D eigenvalue weighted by atomic mass is 10.2. The van der Waals surface area contributed by atoms with Gasteiger partial charge in [-0.1, -0.05) is 15.9 Å². The molecule has 0 radical (unpaired) electrons. The van der Waals surface area contributed by atoms with E-state index in [4.69, 9.17) is 4.74 Å². The number of carbonyl (C=O) groups excluding carboxylic acids is 1. The van der Waals surface area contributed by atoms with Gasteiger partial charge in [0.05, 0.1) is 13.2 Å². The highest BCUT2D eigenvalue weighted by Gasteiger charge is 2.21. The van der Waals surface area contributed by atoms with Crippen molar-refractivity contribution in [1.29, 1.82) is 0 Å². The Hall–Kier alpha value is -0.620. The predicted molar refractivity (Wildman–Crippen MR) is 77.4 cm³/mol. The molecule has 18 heavy (non-hydrogen) atoms. The Balaban J connectivity index is 0.00000162. The molecule has 100 valence electrons. The molecular weight excluding hydrogens is 320 g/mol. The van der Waals surface area contributed by atoms with Crippen molar-refractivity contribution in [3.8, 4) is 0 Å². The fourth-order valence-electron chi connectivity index (χ4n) is 1.72. The highest BCUT2D eigenvalue weighted by molar-refractivity contribution is 9.10. The first-order valence-electron chi connectivity index (χ1n) is 5.55. The number of morpholine rings is 1. The third kappa shape index (κ3) is 3.95. The number of benzene rings is 1. The maximum absolute atomic E-state index is 11.9. The van der Waals surface area contributed by atoms with E-state index in [9.17, 15) is 4.79 Å². The molecule has 0 bridgehead atoms. The van der Waals surface area contributed by atoms with E-state index in [1.165, 1.54) is 0 Å². The second-order valence-corrected chi connectivity index (χ2v) is 4.95. The predicted octanol–water partition coefficient (Wildman–Crippen LogP) is 2.11. The zero-order valence-electron chi connectivity index (χ0n) is 10.0. The highest BCUT2D eigenvalue weighted by Crippen LogP contribution is 2.20. The van der Waals surface area contributed by atoms with Crippen LogP contribution in [0.3, 0.4) is 0 Å². The Bertz CT molecular complexity index is 423. The van der Waals surface area contributed by atoms with Crippen LogP contribution in [0.15, 0.2) is 22.7 Å². The molecule has 4 nitrogen and oxygen atoms in total. The smallest absolute Gasteiger partial charge is 0.243 e. The second kappa shape index (κ2) is 7.09. The number of halogens is 2. The topological polar surface area (TPSA) is 50.4 Å². The van der Waals surface area contributed by atoms with Crippen molar-refractivity contribution in [1.82, 2.24) is 5.32 Å². The fraction of sp³-hybridized carbons (Fsp3) is 0.417. The normalized spacial score (nSPS) is 18.9. The number of aryl methyl sites for hydroxylation is 1. The molecule has 1 saturated heterocycles. The van der Waals surface area contributed by atoms with E-state index in [1.807, 2.05) is 25.1 Å². The van der Waals surface area contributed by atoms with Gasteiger partial charge in [0.15, 0.2) is 0 Å². The van der Waals surface area contributed by atoms with Gasteiger partial charge in [-0.2, -0.15) is 0 Å². The van der Waals surface area contributed by atoms with Gasteiger partial charge in [-0.15, -0.1) is 12.4 Å². The molecule has 1 aromatic carbocycles. The molecular formula is C12H16BrClN2O2. The summed E-state index contributed by atoms with van der Waals surface area (Å²) in [7, 11) is 0. The maximum Gasteiger partial charge on any atom is 0.243 e. The van der Waals surface area contributed by atoms with Gasteiger partial charge in [0.25, 0.3) is 0 Å². The summed E-state index contributed by atoms with van der Waals surface area (Å²) < 4.78 is 6.27. The number of nitrogens with one attached hydrogen (secondary N) is 2. The average molecular weight is 336 g/mol. The number of carbonyl (C=O) groups is 1. The minimum Gasteiger partial charge on any atom is -0.378 e. The van der Waals surface area contributed by atoms with Crippen molar-refractivity contribution in [2.45, 2.75) is 13.0 Å². The number of hydrogen-bond donors (Lipinski definition) is 2. The Morgan fingerprint density at radius 1 is 1.56 bits per heavy atom. The molecule has 6 heteroatoms. The largest absolute Gasteiger partial charge is 0.378 e. The molecule has 0 spiro atoms. The standard InChI is InChI=1S/C12H15BrN2O2.ClH/c1-8-6-9(13)2-3-10(8)15-12(16)11-7-17-5-4-14-11;/h2-3,6,11,14H,4-5,7H2,1H3,(H,15,16);1H. The Kier molecular flexibility index (Phi) is 6.08. The summed E-state index contributed by atoms with van der Waals surface area (Å²) in [5.41, 5.74) is 1.87. The van der Waals surface area contributed by atoms with E-state index < -0.39 is 0 Å². The molecule has 1 fully saturated rings. The van der Waals surface area contributed by atoms with Crippen LogP contribution < -0.4 is 10.6 Å². The van der Waals surface area contributed by atoms with Crippen LogP contribution in [-0.2, 0) is 9.53 Å². The molecule has 1 atom stereocenters. The van der Waals surface area contributed by atoms with Crippen LogP contribution >= 0.6 is 28.3 Å². The van der Waals surface area contributed by atoms with E-state index in [1.54, 1.807) is 0 Å². The van der Waals surface area contributed by atoms with Crippen LogP contribution in [0.5, 0.6) is 0 Å². The monoisotopic (exact) mass is 334 g/mol. The molecule has 0 aliphatic carbocycles. The first-order chi connectivity index (χ1) is 8.16. The van der Waals surface area contributed by atoms with Crippen molar-refractivity contribution in [2.24, 2.45) is 0 Å². The molecule has 2 rings (SSSR count). The van der Waals surface area contributed by atoms with Gasteiger partial charge in [0, 0.05) is 16.7 Å². The quantitative estimate of drug-likeness (QED) is 0.870. The lowest BCUT2D eigenvalue weighted by Gasteiger charge is -2.23. The van der Waals surface area contributed by atoms with Crippen molar-refractivity contribution in [3.63, 3.8) is 0 Å². The average Bonchev–Trinajstić information content (AvgIpc) is 2.34. The molecule has 1 heterocycles. The van der Waals surface area contributed by atoms with E-state index in [2.05, 4.69) is 26.6 Å². The lowest BCUT2D eigenvalue weighted by Crippen LogP contribution is -2.48. The molecule has 2 N–H and O–H groups in total. The maximum atomic E-state index is 11.9. The van der Waals surface area contributed by atoms with Crippen molar-refractivity contribution in [2.75, 3.05) is 25.1 Å². The summed E-state index contributed by atoms with van der Waals surface area (Å²) in [6, 6.07) is 5.52. The summed E-state index contributed by atoms with van der Waals surface area (Å²) in [6.07, 6.45) is 0. The van der Waals surface area contributed by atoms with Gasteiger partial charge in [-0.3, -0.25) is 4.79 Å². The van der Waals surface area contributed by atoms with Crippen LogP contribution in [0.4, 0.5) is 5.69 Å². The molecule has 1 unspecified atom stereocenters.